The van der Waals surface area contributed by atoms with Crippen molar-refractivity contribution in [1.29, 1.82) is 0 Å². The molecule has 2 aromatic heterocycles. The number of thiazole rings is 1. The zero-order valence-electron chi connectivity index (χ0n) is 6.44. The molecule has 0 unspecified atom stereocenters. The summed E-state index contributed by atoms with van der Waals surface area (Å²) >= 11 is 1.19. The van der Waals surface area contributed by atoms with E-state index in [1.807, 2.05) is 0 Å². The van der Waals surface area contributed by atoms with Gasteiger partial charge in [0.25, 0.3) is 0 Å². The largest absolute Gasteiger partial charge is 0.375 e. The second-order valence-corrected chi connectivity index (χ2v) is 3.34. The summed E-state index contributed by atoms with van der Waals surface area (Å²) in [5.41, 5.74) is 5.65. The molecule has 2 aromatic rings. The molecule has 0 saturated heterocycles. The maximum atomic E-state index is 13.1. The number of anilines is 1. The lowest BCUT2D eigenvalue weighted by atomic mass is 10.3. The number of hydrogen-bond donors (Lipinski definition) is 1. The minimum atomic E-state index is -0.467. The van der Waals surface area contributed by atoms with Crippen molar-refractivity contribution in [3.05, 3.63) is 24.5 Å². The highest BCUT2D eigenvalue weighted by atomic mass is 32.1. The van der Waals surface area contributed by atoms with E-state index in [2.05, 4.69) is 15.0 Å². The van der Waals surface area contributed by atoms with Crippen molar-refractivity contribution in [3.63, 3.8) is 0 Å². The topological polar surface area (TPSA) is 64.7 Å². The first kappa shape index (κ1) is 8.06. The van der Waals surface area contributed by atoms with Crippen LogP contribution in [0, 0.1) is 5.82 Å². The fourth-order valence-corrected chi connectivity index (χ4v) is 1.57. The quantitative estimate of drug-likeness (QED) is 0.747. The molecule has 2 N–H and O–H groups in total. The Labute approximate surface area is 77.3 Å². The zero-order chi connectivity index (χ0) is 9.26. The third-order valence-corrected chi connectivity index (χ3v) is 2.26. The third kappa shape index (κ3) is 1.48. The Balaban J connectivity index is 2.52. The number of hydrogen-bond acceptors (Lipinski definition) is 5. The number of aromatic nitrogens is 3. The molecule has 0 spiro atoms. The van der Waals surface area contributed by atoms with Gasteiger partial charge in [-0.25, -0.2) is 19.3 Å². The molecule has 0 atom stereocenters. The van der Waals surface area contributed by atoms with Crippen molar-refractivity contribution < 1.29 is 4.39 Å². The maximum absolute atomic E-state index is 13.1. The molecule has 0 aliphatic rings. The fourth-order valence-electron chi connectivity index (χ4n) is 0.891. The standard InChI is InChI=1S/C7H5FN4S/c8-4-1-10-3-12-6(4)5-2-11-7(9)13-5/h1-3H,(H2,9,11). The van der Waals surface area contributed by atoms with Gasteiger partial charge in [-0.2, -0.15) is 0 Å². The van der Waals surface area contributed by atoms with Gasteiger partial charge in [0.1, 0.15) is 12.0 Å². The zero-order valence-corrected chi connectivity index (χ0v) is 7.25. The van der Waals surface area contributed by atoms with Crippen molar-refractivity contribution in [2.24, 2.45) is 0 Å². The minimum Gasteiger partial charge on any atom is -0.375 e. The average molecular weight is 196 g/mol. The molecule has 2 rings (SSSR count). The molecule has 0 amide bonds. The van der Waals surface area contributed by atoms with E-state index in [1.54, 1.807) is 0 Å². The van der Waals surface area contributed by atoms with E-state index < -0.39 is 5.82 Å². The van der Waals surface area contributed by atoms with Gasteiger partial charge in [0.05, 0.1) is 11.1 Å². The molecule has 0 aliphatic heterocycles. The molecule has 0 saturated carbocycles. The second kappa shape index (κ2) is 3.06. The van der Waals surface area contributed by atoms with Gasteiger partial charge in [-0.15, -0.1) is 0 Å². The van der Waals surface area contributed by atoms with E-state index in [9.17, 15) is 4.39 Å². The number of rotatable bonds is 1. The summed E-state index contributed by atoms with van der Waals surface area (Å²) in [6, 6.07) is 0. The SMILES string of the molecule is Nc1ncc(-c2ncncc2F)s1. The van der Waals surface area contributed by atoms with Crippen LogP contribution >= 0.6 is 11.3 Å². The van der Waals surface area contributed by atoms with Crippen LogP contribution in [0.5, 0.6) is 0 Å². The Bertz CT molecular complexity index is 428. The number of nitrogen functional groups attached to an aromatic ring is 1. The normalized spacial score (nSPS) is 10.2. The monoisotopic (exact) mass is 196 g/mol. The van der Waals surface area contributed by atoms with E-state index in [4.69, 9.17) is 5.73 Å². The van der Waals surface area contributed by atoms with Crippen molar-refractivity contribution in [2.45, 2.75) is 0 Å². The van der Waals surface area contributed by atoms with Gasteiger partial charge in [0.2, 0.25) is 0 Å². The van der Waals surface area contributed by atoms with Crippen molar-refractivity contribution >= 4 is 16.5 Å². The van der Waals surface area contributed by atoms with Crippen molar-refractivity contribution in [2.75, 3.05) is 5.73 Å². The van der Waals surface area contributed by atoms with Gasteiger partial charge in [0, 0.05) is 6.20 Å². The Hall–Kier alpha value is -1.56. The molecular weight excluding hydrogens is 191 g/mol. The lowest BCUT2D eigenvalue weighted by Crippen LogP contribution is -1.87. The first-order chi connectivity index (χ1) is 6.27. The summed E-state index contributed by atoms with van der Waals surface area (Å²) in [5.74, 6) is -0.467. The maximum Gasteiger partial charge on any atom is 0.180 e. The van der Waals surface area contributed by atoms with Crippen LogP contribution in [-0.2, 0) is 0 Å². The molecule has 0 aliphatic carbocycles. The summed E-state index contributed by atoms with van der Waals surface area (Å²) < 4.78 is 13.1. The first-order valence-electron chi connectivity index (χ1n) is 3.44. The molecule has 0 radical (unpaired) electrons. The Morgan fingerprint density at radius 1 is 1.31 bits per heavy atom. The van der Waals surface area contributed by atoms with Gasteiger partial charge in [0.15, 0.2) is 10.9 Å². The highest BCUT2D eigenvalue weighted by Crippen LogP contribution is 2.26. The highest BCUT2D eigenvalue weighted by Gasteiger charge is 2.08. The number of halogens is 1. The van der Waals surface area contributed by atoms with Crippen molar-refractivity contribution in [1.82, 2.24) is 15.0 Å². The lowest BCUT2D eigenvalue weighted by Gasteiger charge is -1.94. The van der Waals surface area contributed by atoms with Gasteiger partial charge in [-0.1, -0.05) is 11.3 Å². The Kier molecular flexibility index (Phi) is 1.90. The smallest absolute Gasteiger partial charge is 0.180 e. The molecule has 0 bridgehead atoms. The van der Waals surface area contributed by atoms with Crippen LogP contribution in [0.25, 0.3) is 10.6 Å². The molecule has 13 heavy (non-hydrogen) atoms. The second-order valence-electron chi connectivity index (χ2n) is 2.28. The van der Waals surface area contributed by atoms with E-state index in [1.165, 1.54) is 23.9 Å². The highest BCUT2D eigenvalue weighted by molar-refractivity contribution is 7.18. The molecule has 66 valence electrons. The Morgan fingerprint density at radius 3 is 2.77 bits per heavy atom. The third-order valence-electron chi connectivity index (χ3n) is 1.42. The van der Waals surface area contributed by atoms with E-state index in [-0.39, 0.29) is 5.69 Å². The van der Waals surface area contributed by atoms with Crippen LogP contribution in [0.2, 0.25) is 0 Å². The van der Waals surface area contributed by atoms with Crippen molar-refractivity contribution in [3.8, 4) is 10.6 Å². The van der Waals surface area contributed by atoms with Gasteiger partial charge in [-0.05, 0) is 0 Å². The summed E-state index contributed by atoms with van der Waals surface area (Å²) in [4.78, 5) is 11.7. The molecular formula is C7H5FN4S. The van der Waals surface area contributed by atoms with Crippen LogP contribution < -0.4 is 5.73 Å². The lowest BCUT2D eigenvalue weighted by molar-refractivity contribution is 0.618. The van der Waals surface area contributed by atoms with Crippen LogP contribution in [-0.4, -0.2) is 15.0 Å². The number of nitrogens with two attached hydrogens (primary N) is 1. The molecule has 4 nitrogen and oxygen atoms in total. The van der Waals surface area contributed by atoms with E-state index in [0.29, 0.717) is 10.0 Å². The minimum absolute atomic E-state index is 0.240. The van der Waals surface area contributed by atoms with Gasteiger partial charge in [-0.3, -0.25) is 0 Å². The first-order valence-corrected chi connectivity index (χ1v) is 4.26. The van der Waals surface area contributed by atoms with Gasteiger partial charge < -0.3 is 5.73 Å². The Morgan fingerprint density at radius 2 is 2.15 bits per heavy atom. The average Bonchev–Trinajstić information content (AvgIpc) is 2.53. The van der Waals surface area contributed by atoms with Gasteiger partial charge >= 0.3 is 0 Å². The summed E-state index contributed by atoms with van der Waals surface area (Å²) in [6.07, 6.45) is 3.89. The summed E-state index contributed by atoms with van der Waals surface area (Å²) in [7, 11) is 0. The predicted octanol–water partition coefficient (Wildman–Crippen LogP) is 1.32. The summed E-state index contributed by atoms with van der Waals surface area (Å²) in [5, 5.41) is 0.396. The predicted molar refractivity (Wildman–Crippen MR) is 47.5 cm³/mol. The van der Waals surface area contributed by atoms with E-state index in [0.717, 1.165) is 6.20 Å². The number of nitrogens with zero attached hydrogens (tertiary/aromatic N) is 3. The molecule has 0 aromatic carbocycles. The molecule has 0 fully saturated rings. The van der Waals surface area contributed by atoms with Crippen LogP contribution in [0.1, 0.15) is 0 Å². The molecule has 2 heterocycles. The van der Waals surface area contributed by atoms with Crippen LogP contribution in [0.3, 0.4) is 0 Å². The fraction of sp³-hybridized carbons (Fsp3) is 0. The van der Waals surface area contributed by atoms with E-state index >= 15 is 0 Å². The molecule has 6 heteroatoms. The van der Waals surface area contributed by atoms with Crippen LogP contribution in [0.4, 0.5) is 9.52 Å². The summed E-state index contributed by atoms with van der Waals surface area (Å²) in [6.45, 7) is 0. The van der Waals surface area contributed by atoms with Crippen LogP contribution in [0.15, 0.2) is 18.7 Å².